The van der Waals surface area contributed by atoms with Crippen molar-refractivity contribution in [3.05, 3.63) is 59.5 Å². The molecule has 1 amide bonds. The van der Waals surface area contributed by atoms with Crippen molar-refractivity contribution in [3.8, 4) is 0 Å². The molecule has 0 saturated heterocycles. The molecule has 1 aromatic carbocycles. The highest BCUT2D eigenvalue weighted by atomic mass is 28.3. The van der Waals surface area contributed by atoms with Crippen molar-refractivity contribution in [2.24, 2.45) is 0 Å². The number of H-pyrrole nitrogens is 1. The molecule has 1 atom stereocenters. The highest BCUT2D eigenvalue weighted by Crippen LogP contribution is 2.42. The maximum Gasteiger partial charge on any atom is 0.223 e. The zero-order valence-electron chi connectivity index (χ0n) is 19.0. The Morgan fingerprint density at radius 1 is 1.26 bits per heavy atom. The Morgan fingerprint density at radius 2 is 2.10 bits per heavy atom. The molecular formula is C25H33N3O2Si. The predicted octanol–water partition coefficient (Wildman–Crippen LogP) is 3.96. The number of carbonyl (C=O) groups excluding carboxylic acids is 1. The van der Waals surface area contributed by atoms with Crippen LogP contribution in [0.25, 0.3) is 10.9 Å². The van der Waals surface area contributed by atoms with Crippen LogP contribution in [0.3, 0.4) is 0 Å². The minimum absolute atomic E-state index is 0.0496. The molecule has 31 heavy (non-hydrogen) atoms. The molecule has 2 aromatic heterocycles. The average Bonchev–Trinajstić information content (AvgIpc) is 3.19. The third kappa shape index (κ3) is 4.06. The number of pyridine rings is 1. The number of hydrogen-bond donors (Lipinski definition) is 2. The van der Waals surface area contributed by atoms with E-state index in [1.807, 2.05) is 12.3 Å². The van der Waals surface area contributed by atoms with E-state index in [1.165, 1.54) is 27.2 Å². The lowest BCUT2D eigenvalue weighted by atomic mass is 9.86. The minimum Gasteiger partial charge on any atom is -0.368 e. The summed E-state index contributed by atoms with van der Waals surface area (Å²) in [5.41, 5.74) is 4.32. The Hall–Kier alpha value is -2.44. The quantitative estimate of drug-likeness (QED) is 0.552. The highest BCUT2D eigenvalue weighted by molar-refractivity contribution is 6.90. The van der Waals surface area contributed by atoms with Gasteiger partial charge >= 0.3 is 0 Å². The van der Waals surface area contributed by atoms with Crippen molar-refractivity contribution in [2.75, 3.05) is 12.8 Å². The molecule has 1 aliphatic heterocycles. The number of amides is 1. The summed E-state index contributed by atoms with van der Waals surface area (Å²) < 4.78 is 6.34. The maximum atomic E-state index is 13.1. The van der Waals surface area contributed by atoms with Gasteiger partial charge in [0.1, 0.15) is 13.7 Å². The van der Waals surface area contributed by atoms with Gasteiger partial charge in [0.2, 0.25) is 5.91 Å². The van der Waals surface area contributed by atoms with Gasteiger partial charge in [-0.15, -0.1) is 0 Å². The summed E-state index contributed by atoms with van der Waals surface area (Å²) in [4.78, 5) is 21.0. The lowest BCUT2D eigenvalue weighted by Crippen LogP contribution is -2.52. The van der Waals surface area contributed by atoms with Crippen LogP contribution in [0.15, 0.2) is 42.7 Å². The summed E-state index contributed by atoms with van der Waals surface area (Å²) in [7, 11) is -1.80. The van der Waals surface area contributed by atoms with Gasteiger partial charge in [0.25, 0.3) is 0 Å². The second kappa shape index (κ2) is 8.59. The molecule has 0 radical (unpaired) electrons. The Kier molecular flexibility index (Phi) is 6.04. The summed E-state index contributed by atoms with van der Waals surface area (Å²) in [6, 6.07) is 10.6. The summed E-state index contributed by atoms with van der Waals surface area (Å²) in [6.07, 6.45) is 7.36. The SMILES string of the molecule is CCc1cccc2c3c([nH]c12)C(CC)(CC(=O)NC[Si](C)(C)c1cccnc1)OCC3. The van der Waals surface area contributed by atoms with Crippen molar-refractivity contribution in [1.29, 1.82) is 0 Å². The van der Waals surface area contributed by atoms with Gasteiger partial charge in [0.05, 0.1) is 18.7 Å². The standard InChI is InChI=1S/C25H33N3O2Si/c1-5-18-9-7-11-20-21-12-14-30-25(6-2,24(21)28-23(18)20)15-22(29)27-17-31(3,4)19-10-8-13-26-16-19/h7-11,13,16,28H,5-6,12,14-15,17H2,1-4H3,(H,27,29). The van der Waals surface area contributed by atoms with Gasteiger partial charge < -0.3 is 15.0 Å². The van der Waals surface area contributed by atoms with Crippen LogP contribution < -0.4 is 10.5 Å². The van der Waals surface area contributed by atoms with Crippen molar-refractivity contribution >= 4 is 30.1 Å². The van der Waals surface area contributed by atoms with E-state index >= 15 is 0 Å². The van der Waals surface area contributed by atoms with E-state index in [4.69, 9.17) is 4.74 Å². The van der Waals surface area contributed by atoms with Crippen molar-refractivity contribution in [2.45, 2.75) is 58.2 Å². The van der Waals surface area contributed by atoms with Crippen molar-refractivity contribution in [3.63, 3.8) is 0 Å². The van der Waals surface area contributed by atoms with Crippen LogP contribution in [-0.4, -0.2) is 36.7 Å². The van der Waals surface area contributed by atoms with E-state index in [0.29, 0.717) is 19.2 Å². The number of aryl methyl sites for hydroxylation is 1. The molecule has 0 fully saturated rings. The third-order valence-corrected chi connectivity index (χ3v) is 9.70. The molecule has 0 saturated carbocycles. The molecule has 5 nitrogen and oxygen atoms in total. The van der Waals surface area contributed by atoms with Crippen LogP contribution in [0.5, 0.6) is 0 Å². The summed E-state index contributed by atoms with van der Waals surface area (Å²) in [5, 5.41) is 5.74. The first-order valence-corrected chi connectivity index (χ1v) is 14.5. The van der Waals surface area contributed by atoms with Crippen LogP contribution in [0.2, 0.25) is 13.1 Å². The molecule has 1 aliphatic rings. The second-order valence-corrected chi connectivity index (χ2v) is 13.9. The van der Waals surface area contributed by atoms with Gasteiger partial charge in [-0.3, -0.25) is 9.78 Å². The Morgan fingerprint density at radius 3 is 2.81 bits per heavy atom. The van der Waals surface area contributed by atoms with Crippen LogP contribution in [0.1, 0.15) is 43.5 Å². The number of aromatic nitrogens is 2. The van der Waals surface area contributed by atoms with E-state index in [0.717, 1.165) is 25.0 Å². The molecule has 0 bridgehead atoms. The van der Waals surface area contributed by atoms with Crippen LogP contribution >= 0.6 is 0 Å². The molecule has 6 heteroatoms. The van der Waals surface area contributed by atoms with E-state index in [-0.39, 0.29) is 5.91 Å². The van der Waals surface area contributed by atoms with Crippen LogP contribution in [0, 0.1) is 0 Å². The van der Waals surface area contributed by atoms with Crippen molar-refractivity contribution in [1.82, 2.24) is 15.3 Å². The summed E-state index contributed by atoms with van der Waals surface area (Å²) in [5.74, 6) is 0.0496. The highest BCUT2D eigenvalue weighted by Gasteiger charge is 2.41. The van der Waals surface area contributed by atoms with Gasteiger partial charge in [-0.2, -0.15) is 0 Å². The number of ether oxygens (including phenoxy) is 1. The van der Waals surface area contributed by atoms with Crippen LogP contribution in [-0.2, 0) is 28.0 Å². The number of nitrogens with zero attached hydrogens (tertiary/aromatic N) is 1. The first kappa shape index (κ1) is 21.8. The van der Waals surface area contributed by atoms with Gasteiger partial charge in [-0.25, -0.2) is 0 Å². The lowest BCUT2D eigenvalue weighted by molar-refractivity contribution is -0.132. The molecule has 1 unspecified atom stereocenters. The second-order valence-electron chi connectivity index (χ2n) is 9.20. The largest absolute Gasteiger partial charge is 0.368 e. The number of hydrogen-bond acceptors (Lipinski definition) is 3. The van der Waals surface area contributed by atoms with E-state index in [2.05, 4.69) is 66.5 Å². The Bertz CT molecular complexity index is 1080. The number of carbonyl (C=O) groups is 1. The summed E-state index contributed by atoms with van der Waals surface area (Å²) in [6.45, 7) is 9.47. The van der Waals surface area contributed by atoms with Gasteiger partial charge in [-0.1, -0.05) is 51.2 Å². The van der Waals surface area contributed by atoms with Gasteiger partial charge in [-0.05, 0) is 41.6 Å². The smallest absolute Gasteiger partial charge is 0.223 e. The molecule has 3 heterocycles. The molecule has 164 valence electrons. The molecule has 3 aromatic rings. The first-order valence-electron chi connectivity index (χ1n) is 11.3. The fourth-order valence-corrected chi connectivity index (χ4v) is 6.56. The first-order chi connectivity index (χ1) is 14.9. The van der Waals surface area contributed by atoms with E-state index < -0.39 is 13.7 Å². The van der Waals surface area contributed by atoms with Gasteiger partial charge in [0.15, 0.2) is 0 Å². The average molecular weight is 436 g/mol. The number of fused-ring (bicyclic) bond motifs is 3. The molecule has 0 aliphatic carbocycles. The number of benzene rings is 1. The minimum atomic E-state index is -1.80. The number of aromatic amines is 1. The topological polar surface area (TPSA) is 67.0 Å². The van der Waals surface area contributed by atoms with Gasteiger partial charge in [0, 0.05) is 29.5 Å². The van der Waals surface area contributed by atoms with E-state index in [9.17, 15) is 4.79 Å². The monoisotopic (exact) mass is 435 g/mol. The molecular weight excluding hydrogens is 402 g/mol. The fraction of sp³-hybridized carbons (Fsp3) is 0.440. The number of rotatable bonds is 7. The zero-order valence-corrected chi connectivity index (χ0v) is 20.0. The number of nitrogens with one attached hydrogen (secondary N) is 2. The Balaban J connectivity index is 1.57. The fourth-order valence-electron chi connectivity index (χ4n) is 4.75. The Labute approximate surface area is 185 Å². The normalized spacial score (nSPS) is 18.7. The zero-order chi connectivity index (χ0) is 22.1. The van der Waals surface area contributed by atoms with Crippen molar-refractivity contribution < 1.29 is 9.53 Å². The molecule has 0 spiro atoms. The predicted molar refractivity (Wildman–Crippen MR) is 128 cm³/mol. The number of para-hydroxylation sites is 1. The molecule has 2 N–H and O–H groups in total. The van der Waals surface area contributed by atoms with E-state index in [1.54, 1.807) is 6.20 Å². The maximum absolute atomic E-state index is 13.1. The summed E-state index contributed by atoms with van der Waals surface area (Å²) >= 11 is 0. The third-order valence-electron chi connectivity index (χ3n) is 6.78. The lowest BCUT2D eigenvalue weighted by Gasteiger charge is -2.36. The van der Waals surface area contributed by atoms with Crippen LogP contribution in [0.4, 0.5) is 0 Å². The molecule has 4 rings (SSSR count).